The van der Waals surface area contributed by atoms with E-state index in [0.717, 1.165) is 30.9 Å². The molecule has 8 nitrogen and oxygen atoms in total. The van der Waals surface area contributed by atoms with Crippen molar-refractivity contribution in [2.24, 2.45) is 0 Å². The van der Waals surface area contributed by atoms with Crippen molar-refractivity contribution < 1.29 is 28.5 Å². The van der Waals surface area contributed by atoms with E-state index in [0.29, 0.717) is 49.1 Å². The third-order valence-electron chi connectivity index (χ3n) is 5.89. The first kappa shape index (κ1) is 22.1. The Morgan fingerprint density at radius 3 is 2.44 bits per heavy atom. The smallest absolute Gasteiger partial charge is 0.225 e. The van der Waals surface area contributed by atoms with Crippen LogP contribution in [-0.2, 0) is 4.79 Å². The van der Waals surface area contributed by atoms with Crippen molar-refractivity contribution in [2.45, 2.75) is 25.3 Å². The maximum Gasteiger partial charge on any atom is 0.225 e. The van der Waals surface area contributed by atoms with Crippen molar-refractivity contribution >= 4 is 11.6 Å². The Hall–Kier alpha value is -3.13. The second-order valence-electron chi connectivity index (χ2n) is 7.81. The lowest BCUT2D eigenvalue weighted by atomic mass is 10.0. The summed E-state index contributed by atoms with van der Waals surface area (Å²) in [4.78, 5) is 15.0. The first-order valence-electron chi connectivity index (χ1n) is 10.9. The third-order valence-corrected chi connectivity index (χ3v) is 5.89. The quantitative estimate of drug-likeness (QED) is 0.669. The standard InChI is InChI=1S/C24H30N2O6/c1-28-21-14-17(15-22(29-2)24(21)30-3)25-23(27)8-10-26-9-4-5-18(26)16-6-7-19-20(13-16)32-12-11-31-19/h6-7,13-15,18H,4-5,8-12H2,1-3H3,(H,25,27). The van der Waals surface area contributed by atoms with Crippen LogP contribution in [0.5, 0.6) is 28.7 Å². The number of benzene rings is 2. The summed E-state index contributed by atoms with van der Waals surface area (Å²) in [6.07, 6.45) is 2.56. The van der Waals surface area contributed by atoms with Crippen molar-refractivity contribution in [1.82, 2.24) is 4.90 Å². The van der Waals surface area contributed by atoms with Crippen LogP contribution in [0.2, 0.25) is 0 Å². The molecule has 1 saturated heterocycles. The number of likely N-dealkylation sites (tertiary alicyclic amines) is 1. The van der Waals surface area contributed by atoms with E-state index < -0.39 is 0 Å². The van der Waals surface area contributed by atoms with Crippen LogP contribution in [0.15, 0.2) is 30.3 Å². The number of carbonyl (C=O) groups excluding carboxylic acids is 1. The molecule has 0 aliphatic carbocycles. The van der Waals surface area contributed by atoms with Gasteiger partial charge < -0.3 is 29.0 Å². The van der Waals surface area contributed by atoms with Gasteiger partial charge in [-0.2, -0.15) is 0 Å². The molecule has 1 atom stereocenters. The lowest BCUT2D eigenvalue weighted by Gasteiger charge is -2.26. The van der Waals surface area contributed by atoms with E-state index in [1.54, 1.807) is 33.5 Å². The van der Waals surface area contributed by atoms with Crippen molar-refractivity contribution in [3.63, 3.8) is 0 Å². The number of nitrogens with one attached hydrogen (secondary N) is 1. The van der Waals surface area contributed by atoms with Gasteiger partial charge in [-0.15, -0.1) is 0 Å². The highest BCUT2D eigenvalue weighted by molar-refractivity contribution is 5.91. The summed E-state index contributed by atoms with van der Waals surface area (Å²) >= 11 is 0. The fourth-order valence-electron chi connectivity index (χ4n) is 4.36. The zero-order valence-corrected chi connectivity index (χ0v) is 18.8. The summed E-state index contributed by atoms with van der Waals surface area (Å²) in [5.74, 6) is 3.04. The third kappa shape index (κ3) is 4.70. The van der Waals surface area contributed by atoms with Gasteiger partial charge >= 0.3 is 0 Å². The van der Waals surface area contributed by atoms with E-state index in [-0.39, 0.29) is 11.9 Å². The molecular weight excluding hydrogens is 412 g/mol. The Morgan fingerprint density at radius 2 is 1.75 bits per heavy atom. The molecule has 0 saturated carbocycles. The highest BCUT2D eigenvalue weighted by atomic mass is 16.6. The van der Waals surface area contributed by atoms with Gasteiger partial charge in [-0.05, 0) is 37.1 Å². The molecule has 1 unspecified atom stereocenters. The van der Waals surface area contributed by atoms with Crippen molar-refractivity contribution in [2.75, 3.05) is 52.9 Å². The number of carbonyl (C=O) groups is 1. The average Bonchev–Trinajstić information content (AvgIpc) is 3.30. The Morgan fingerprint density at radius 1 is 1.03 bits per heavy atom. The van der Waals surface area contributed by atoms with Crippen molar-refractivity contribution in [3.05, 3.63) is 35.9 Å². The molecule has 172 valence electrons. The number of fused-ring (bicyclic) bond motifs is 1. The highest BCUT2D eigenvalue weighted by Gasteiger charge is 2.27. The molecule has 0 spiro atoms. The van der Waals surface area contributed by atoms with Crippen LogP contribution in [0.3, 0.4) is 0 Å². The SMILES string of the molecule is COc1cc(NC(=O)CCN2CCCC2c2ccc3c(c2)OCCO3)cc(OC)c1OC. The van der Waals surface area contributed by atoms with Crippen LogP contribution in [0.4, 0.5) is 5.69 Å². The second kappa shape index (κ2) is 9.99. The van der Waals surface area contributed by atoms with Gasteiger partial charge in [-0.1, -0.05) is 6.07 Å². The molecule has 2 aromatic carbocycles. The Kier molecular flexibility index (Phi) is 6.90. The minimum Gasteiger partial charge on any atom is -0.493 e. The van der Waals surface area contributed by atoms with Crippen LogP contribution >= 0.6 is 0 Å². The predicted octanol–water partition coefficient (Wildman–Crippen LogP) is 3.65. The van der Waals surface area contributed by atoms with Gasteiger partial charge in [0, 0.05) is 36.8 Å². The highest BCUT2D eigenvalue weighted by Crippen LogP contribution is 2.40. The molecule has 1 N–H and O–H groups in total. The van der Waals surface area contributed by atoms with Gasteiger partial charge in [0.1, 0.15) is 13.2 Å². The number of nitrogens with zero attached hydrogens (tertiary/aromatic N) is 1. The maximum atomic E-state index is 12.7. The van der Waals surface area contributed by atoms with Crippen LogP contribution in [0.1, 0.15) is 30.9 Å². The topological polar surface area (TPSA) is 78.5 Å². The summed E-state index contributed by atoms with van der Waals surface area (Å²) < 4.78 is 27.4. The molecule has 1 amide bonds. The van der Waals surface area contributed by atoms with Crippen LogP contribution in [0.25, 0.3) is 0 Å². The van der Waals surface area contributed by atoms with E-state index >= 15 is 0 Å². The van der Waals surface area contributed by atoms with E-state index in [2.05, 4.69) is 22.3 Å². The lowest BCUT2D eigenvalue weighted by molar-refractivity contribution is -0.116. The summed E-state index contributed by atoms with van der Waals surface area (Å²) in [5.41, 5.74) is 1.81. The van der Waals surface area contributed by atoms with E-state index in [1.807, 2.05) is 6.07 Å². The van der Waals surface area contributed by atoms with Gasteiger partial charge in [0.2, 0.25) is 11.7 Å². The monoisotopic (exact) mass is 442 g/mol. The minimum atomic E-state index is -0.0629. The van der Waals surface area contributed by atoms with Gasteiger partial charge in [-0.25, -0.2) is 0 Å². The van der Waals surface area contributed by atoms with E-state index in [9.17, 15) is 4.79 Å². The zero-order valence-electron chi connectivity index (χ0n) is 18.8. The van der Waals surface area contributed by atoms with Gasteiger partial charge in [0.15, 0.2) is 23.0 Å². The van der Waals surface area contributed by atoms with Crippen LogP contribution in [0, 0.1) is 0 Å². The molecule has 2 aromatic rings. The molecule has 2 aliphatic rings. The normalized spacial score (nSPS) is 17.7. The molecule has 2 heterocycles. The van der Waals surface area contributed by atoms with Gasteiger partial charge in [0.25, 0.3) is 0 Å². The predicted molar refractivity (Wildman–Crippen MR) is 120 cm³/mol. The van der Waals surface area contributed by atoms with E-state index in [4.69, 9.17) is 23.7 Å². The molecule has 32 heavy (non-hydrogen) atoms. The number of ether oxygens (including phenoxy) is 5. The Labute approximate surface area is 188 Å². The Bertz CT molecular complexity index is 938. The molecule has 8 heteroatoms. The van der Waals surface area contributed by atoms with Crippen LogP contribution < -0.4 is 29.0 Å². The van der Waals surface area contributed by atoms with Crippen molar-refractivity contribution in [1.29, 1.82) is 0 Å². The number of rotatable bonds is 8. The first-order chi connectivity index (χ1) is 15.6. The average molecular weight is 443 g/mol. The number of hydrogen-bond acceptors (Lipinski definition) is 7. The second-order valence-corrected chi connectivity index (χ2v) is 7.81. The molecule has 0 aromatic heterocycles. The summed E-state index contributed by atoms with van der Waals surface area (Å²) in [6.45, 7) is 2.81. The number of hydrogen-bond donors (Lipinski definition) is 1. The summed E-state index contributed by atoms with van der Waals surface area (Å²) in [7, 11) is 4.65. The number of methoxy groups -OCH3 is 3. The molecular formula is C24H30N2O6. The number of anilines is 1. The summed E-state index contributed by atoms with van der Waals surface area (Å²) in [6, 6.07) is 9.90. The summed E-state index contributed by atoms with van der Waals surface area (Å²) in [5, 5.41) is 2.94. The maximum absolute atomic E-state index is 12.7. The molecule has 1 fully saturated rings. The Balaban J connectivity index is 1.38. The fraction of sp³-hybridized carbons (Fsp3) is 0.458. The molecule has 0 radical (unpaired) electrons. The first-order valence-corrected chi connectivity index (χ1v) is 10.9. The molecule has 4 rings (SSSR count). The van der Waals surface area contributed by atoms with Crippen LogP contribution in [-0.4, -0.2) is 58.4 Å². The lowest BCUT2D eigenvalue weighted by Crippen LogP contribution is -2.28. The molecule has 0 bridgehead atoms. The van der Waals surface area contributed by atoms with Gasteiger partial charge in [0.05, 0.1) is 21.3 Å². The largest absolute Gasteiger partial charge is 0.493 e. The zero-order chi connectivity index (χ0) is 22.5. The van der Waals surface area contributed by atoms with E-state index in [1.165, 1.54) is 5.56 Å². The number of amides is 1. The minimum absolute atomic E-state index is 0.0629. The van der Waals surface area contributed by atoms with Gasteiger partial charge in [-0.3, -0.25) is 9.69 Å². The molecule has 2 aliphatic heterocycles. The fourth-order valence-corrected chi connectivity index (χ4v) is 4.36. The van der Waals surface area contributed by atoms with Crippen molar-refractivity contribution in [3.8, 4) is 28.7 Å².